The first-order chi connectivity index (χ1) is 17.6. The number of aliphatic hydroxyl groups excluding tert-OH is 1. The molecular formula is C31H31NO5. The Morgan fingerprint density at radius 3 is 1.97 bits per heavy atom. The Morgan fingerprint density at radius 2 is 1.46 bits per heavy atom. The van der Waals surface area contributed by atoms with E-state index in [0.29, 0.717) is 22.4 Å². The van der Waals surface area contributed by atoms with E-state index in [0.717, 1.165) is 17.5 Å². The van der Waals surface area contributed by atoms with Crippen molar-refractivity contribution in [1.29, 1.82) is 0 Å². The van der Waals surface area contributed by atoms with Crippen LogP contribution < -0.4 is 4.90 Å². The summed E-state index contributed by atoms with van der Waals surface area (Å²) in [6, 6.07) is 20.5. The van der Waals surface area contributed by atoms with Gasteiger partial charge in [-0.1, -0.05) is 76.2 Å². The molecule has 4 rings (SSSR count). The van der Waals surface area contributed by atoms with Gasteiger partial charge in [0.1, 0.15) is 5.76 Å². The average Bonchev–Trinajstić information content (AvgIpc) is 3.17. The van der Waals surface area contributed by atoms with E-state index in [4.69, 9.17) is 4.74 Å². The highest BCUT2D eigenvalue weighted by Gasteiger charge is 2.47. The first-order valence-electron chi connectivity index (χ1n) is 12.3. The first-order valence-corrected chi connectivity index (χ1v) is 12.3. The molecule has 1 saturated heterocycles. The maximum absolute atomic E-state index is 13.4. The van der Waals surface area contributed by atoms with Gasteiger partial charge in [0.25, 0.3) is 11.7 Å². The fourth-order valence-corrected chi connectivity index (χ4v) is 4.51. The molecule has 0 saturated carbocycles. The zero-order valence-corrected chi connectivity index (χ0v) is 21.7. The summed E-state index contributed by atoms with van der Waals surface area (Å²) >= 11 is 0. The van der Waals surface area contributed by atoms with E-state index in [1.54, 1.807) is 36.4 Å². The Bertz CT molecular complexity index is 1360. The SMILES string of the molecule is CCc1ccc(/C(O)=C2\C(=O)C(=O)N(c3ccc(C(=O)OC)cc3)C2c2ccc(C(C)(C)C)cc2)cc1. The number of amides is 1. The zero-order chi connectivity index (χ0) is 26.9. The lowest BCUT2D eigenvalue weighted by molar-refractivity contribution is -0.132. The zero-order valence-electron chi connectivity index (χ0n) is 21.7. The lowest BCUT2D eigenvalue weighted by Gasteiger charge is -2.26. The molecule has 1 heterocycles. The number of nitrogens with zero attached hydrogens (tertiary/aromatic N) is 1. The van der Waals surface area contributed by atoms with Crippen LogP contribution in [0.2, 0.25) is 0 Å². The van der Waals surface area contributed by atoms with Gasteiger partial charge in [-0.2, -0.15) is 0 Å². The molecule has 0 bridgehead atoms. The average molecular weight is 498 g/mol. The van der Waals surface area contributed by atoms with Crippen LogP contribution in [0.1, 0.15) is 66.3 Å². The van der Waals surface area contributed by atoms with E-state index >= 15 is 0 Å². The number of rotatable bonds is 5. The Balaban J connectivity index is 1.88. The number of benzene rings is 3. The third-order valence-electron chi connectivity index (χ3n) is 6.74. The molecule has 0 aromatic heterocycles. The summed E-state index contributed by atoms with van der Waals surface area (Å²) in [4.78, 5) is 40.0. The second-order valence-electron chi connectivity index (χ2n) is 10.1. The minimum atomic E-state index is -0.844. The summed E-state index contributed by atoms with van der Waals surface area (Å²) in [6.07, 6.45) is 0.840. The summed E-state index contributed by atoms with van der Waals surface area (Å²) < 4.78 is 4.77. The highest BCUT2D eigenvalue weighted by Crippen LogP contribution is 2.42. The van der Waals surface area contributed by atoms with E-state index < -0.39 is 23.7 Å². The lowest BCUT2D eigenvalue weighted by atomic mass is 9.85. The summed E-state index contributed by atoms with van der Waals surface area (Å²) in [7, 11) is 1.29. The summed E-state index contributed by atoms with van der Waals surface area (Å²) in [5.41, 5.74) is 4.05. The van der Waals surface area contributed by atoms with E-state index in [1.807, 2.05) is 43.3 Å². The van der Waals surface area contributed by atoms with Gasteiger partial charge in [0.05, 0.1) is 24.3 Å². The van der Waals surface area contributed by atoms with Crippen molar-refractivity contribution in [1.82, 2.24) is 0 Å². The Morgan fingerprint density at radius 1 is 0.892 bits per heavy atom. The van der Waals surface area contributed by atoms with E-state index in [1.165, 1.54) is 12.0 Å². The minimum Gasteiger partial charge on any atom is -0.507 e. The fraction of sp³-hybridized carbons (Fsp3) is 0.258. The van der Waals surface area contributed by atoms with Crippen LogP contribution in [0, 0.1) is 0 Å². The Hall–Kier alpha value is -4.19. The van der Waals surface area contributed by atoms with E-state index in [2.05, 4.69) is 20.8 Å². The van der Waals surface area contributed by atoms with Crippen LogP contribution in [0.15, 0.2) is 78.4 Å². The lowest BCUT2D eigenvalue weighted by Crippen LogP contribution is -2.29. The van der Waals surface area contributed by atoms with Crippen molar-refractivity contribution in [2.24, 2.45) is 0 Å². The molecule has 6 heteroatoms. The van der Waals surface area contributed by atoms with Crippen molar-refractivity contribution in [3.8, 4) is 0 Å². The van der Waals surface area contributed by atoms with Crippen LogP contribution in [0.5, 0.6) is 0 Å². The molecule has 1 fully saturated rings. The third kappa shape index (κ3) is 4.92. The molecule has 37 heavy (non-hydrogen) atoms. The fourth-order valence-electron chi connectivity index (χ4n) is 4.51. The van der Waals surface area contributed by atoms with Crippen molar-refractivity contribution in [2.45, 2.75) is 45.6 Å². The van der Waals surface area contributed by atoms with Crippen molar-refractivity contribution in [3.05, 3.63) is 106 Å². The molecule has 3 aromatic carbocycles. The number of anilines is 1. The minimum absolute atomic E-state index is 0.0230. The van der Waals surface area contributed by atoms with Gasteiger partial charge in [-0.05, 0) is 52.8 Å². The van der Waals surface area contributed by atoms with Crippen molar-refractivity contribution >= 4 is 29.1 Å². The molecular weight excluding hydrogens is 466 g/mol. The van der Waals surface area contributed by atoms with Gasteiger partial charge in [0, 0.05) is 11.3 Å². The number of methoxy groups -OCH3 is 1. The number of carbonyl (C=O) groups is 3. The van der Waals surface area contributed by atoms with Gasteiger partial charge in [0.15, 0.2) is 0 Å². The number of ketones is 1. The molecule has 6 nitrogen and oxygen atoms in total. The summed E-state index contributed by atoms with van der Waals surface area (Å²) in [6.45, 7) is 8.36. The Labute approximate surface area is 217 Å². The topological polar surface area (TPSA) is 83.9 Å². The van der Waals surface area contributed by atoms with Crippen molar-refractivity contribution < 1.29 is 24.2 Å². The van der Waals surface area contributed by atoms with Crippen LogP contribution >= 0.6 is 0 Å². The largest absolute Gasteiger partial charge is 0.507 e. The predicted octanol–water partition coefficient (Wildman–Crippen LogP) is 5.96. The monoisotopic (exact) mass is 497 g/mol. The predicted molar refractivity (Wildman–Crippen MR) is 144 cm³/mol. The van der Waals surface area contributed by atoms with Crippen LogP contribution in [-0.2, 0) is 26.2 Å². The van der Waals surface area contributed by atoms with E-state index in [-0.39, 0.29) is 16.7 Å². The summed E-state index contributed by atoms with van der Waals surface area (Å²) in [5, 5.41) is 11.3. The third-order valence-corrected chi connectivity index (χ3v) is 6.74. The van der Waals surface area contributed by atoms with E-state index in [9.17, 15) is 19.5 Å². The van der Waals surface area contributed by atoms with Gasteiger partial charge in [0.2, 0.25) is 0 Å². The maximum atomic E-state index is 13.4. The maximum Gasteiger partial charge on any atom is 0.337 e. The van der Waals surface area contributed by atoms with Gasteiger partial charge in [-0.25, -0.2) is 4.79 Å². The Kier molecular flexibility index (Phi) is 7.03. The highest BCUT2D eigenvalue weighted by molar-refractivity contribution is 6.51. The van der Waals surface area contributed by atoms with Gasteiger partial charge in [-0.3, -0.25) is 14.5 Å². The van der Waals surface area contributed by atoms with Crippen LogP contribution in [-0.4, -0.2) is 29.9 Å². The van der Waals surface area contributed by atoms with Crippen molar-refractivity contribution in [3.63, 3.8) is 0 Å². The number of aryl methyl sites for hydroxylation is 1. The highest BCUT2D eigenvalue weighted by atomic mass is 16.5. The van der Waals surface area contributed by atoms with Crippen molar-refractivity contribution in [2.75, 3.05) is 12.0 Å². The normalized spacial score (nSPS) is 17.2. The molecule has 1 unspecified atom stereocenters. The molecule has 190 valence electrons. The first kappa shape index (κ1) is 25.9. The van der Waals surface area contributed by atoms with Gasteiger partial charge < -0.3 is 9.84 Å². The number of hydrogen-bond acceptors (Lipinski definition) is 5. The number of hydrogen-bond donors (Lipinski definition) is 1. The molecule has 0 radical (unpaired) electrons. The standard InChI is InChI=1S/C31H31NO5/c1-6-19-7-9-21(10-8-19)27(33)25-26(20-11-15-23(16-12-20)31(2,3)4)32(29(35)28(25)34)24-17-13-22(14-18-24)30(36)37-5/h7-18,26,33H,6H2,1-5H3/b27-25+. The molecule has 3 aromatic rings. The molecule has 1 amide bonds. The van der Waals surface area contributed by atoms with Crippen LogP contribution in [0.4, 0.5) is 5.69 Å². The molecule has 1 N–H and O–H groups in total. The number of carbonyl (C=O) groups excluding carboxylic acids is 3. The molecule has 0 spiro atoms. The number of Topliss-reactive ketones (excluding diaryl/α,β-unsaturated/α-hetero) is 1. The quantitative estimate of drug-likeness (QED) is 0.204. The van der Waals surface area contributed by atoms with Gasteiger partial charge >= 0.3 is 5.97 Å². The van der Waals surface area contributed by atoms with Crippen LogP contribution in [0.25, 0.3) is 5.76 Å². The second kappa shape index (κ2) is 10.1. The summed E-state index contributed by atoms with van der Waals surface area (Å²) in [5.74, 6) is -2.24. The smallest absolute Gasteiger partial charge is 0.337 e. The van der Waals surface area contributed by atoms with Gasteiger partial charge in [-0.15, -0.1) is 0 Å². The molecule has 1 atom stereocenters. The number of ether oxygens (including phenoxy) is 1. The second-order valence-corrected chi connectivity index (χ2v) is 10.1. The number of aliphatic hydroxyl groups is 1. The molecule has 0 aliphatic carbocycles. The molecule has 1 aliphatic heterocycles. The molecule has 1 aliphatic rings. The van der Waals surface area contributed by atoms with Crippen LogP contribution in [0.3, 0.4) is 0 Å². The number of esters is 1.